The van der Waals surface area contributed by atoms with E-state index in [0.717, 1.165) is 47.4 Å². The third-order valence-electron chi connectivity index (χ3n) is 3.78. The van der Waals surface area contributed by atoms with E-state index in [-0.39, 0.29) is 0 Å². The van der Waals surface area contributed by atoms with E-state index in [4.69, 9.17) is 10.7 Å². The maximum Gasteiger partial charge on any atom is 0.206 e. The van der Waals surface area contributed by atoms with Crippen LogP contribution < -0.4 is 10.6 Å². The molecule has 0 bridgehead atoms. The summed E-state index contributed by atoms with van der Waals surface area (Å²) in [4.78, 5) is 11.3. The van der Waals surface area contributed by atoms with Crippen LogP contribution >= 0.6 is 0 Å². The lowest BCUT2D eigenvalue weighted by atomic mass is 10.2. The molecule has 3 rings (SSSR count). The Morgan fingerprint density at radius 1 is 1.32 bits per heavy atom. The van der Waals surface area contributed by atoms with Gasteiger partial charge < -0.3 is 15.2 Å². The van der Waals surface area contributed by atoms with E-state index in [1.54, 1.807) is 0 Å². The first kappa shape index (κ1) is 14.4. The molecule has 114 valence electrons. The van der Waals surface area contributed by atoms with Gasteiger partial charge in [0.25, 0.3) is 0 Å². The highest BCUT2D eigenvalue weighted by molar-refractivity contribution is 6.07. The van der Waals surface area contributed by atoms with E-state index in [9.17, 15) is 0 Å². The Bertz CT molecular complexity index is 834. The largest absolute Gasteiger partial charge is 0.382 e. The van der Waals surface area contributed by atoms with Crippen LogP contribution in [-0.4, -0.2) is 28.1 Å². The maximum absolute atomic E-state index is 6.15. The minimum atomic E-state index is 0.483. The lowest BCUT2D eigenvalue weighted by molar-refractivity contribution is 0.687. The zero-order valence-corrected chi connectivity index (χ0v) is 13.1. The number of benzene rings is 1. The van der Waals surface area contributed by atoms with Gasteiger partial charge in [-0.15, -0.1) is 6.58 Å². The molecule has 0 aliphatic rings. The van der Waals surface area contributed by atoms with E-state index >= 15 is 0 Å². The first-order valence-corrected chi connectivity index (χ1v) is 7.53. The van der Waals surface area contributed by atoms with E-state index in [2.05, 4.69) is 34.0 Å². The maximum atomic E-state index is 6.15. The predicted molar refractivity (Wildman–Crippen MR) is 93.2 cm³/mol. The van der Waals surface area contributed by atoms with E-state index in [1.807, 2.05) is 31.3 Å². The van der Waals surface area contributed by atoms with Crippen LogP contribution in [0.15, 0.2) is 36.9 Å². The zero-order valence-electron chi connectivity index (χ0n) is 13.1. The van der Waals surface area contributed by atoms with Crippen LogP contribution in [0.25, 0.3) is 21.9 Å². The minimum absolute atomic E-state index is 0.483. The summed E-state index contributed by atoms with van der Waals surface area (Å²) in [5.41, 5.74) is 8.90. The normalized spacial score (nSPS) is 11.2. The van der Waals surface area contributed by atoms with Crippen molar-refractivity contribution in [2.75, 3.05) is 24.2 Å². The Morgan fingerprint density at radius 3 is 2.82 bits per heavy atom. The van der Waals surface area contributed by atoms with Gasteiger partial charge in [0.05, 0.1) is 11.0 Å². The van der Waals surface area contributed by atoms with Gasteiger partial charge in [-0.3, -0.25) is 0 Å². The van der Waals surface area contributed by atoms with Crippen LogP contribution in [0.3, 0.4) is 0 Å². The van der Waals surface area contributed by atoms with Crippen LogP contribution in [0.4, 0.5) is 11.8 Å². The van der Waals surface area contributed by atoms with Crippen molar-refractivity contribution in [3.63, 3.8) is 0 Å². The number of fused-ring (bicyclic) bond motifs is 3. The highest BCUT2D eigenvalue weighted by Crippen LogP contribution is 2.31. The molecule has 0 fully saturated rings. The fraction of sp³-hybridized carbons (Fsp3) is 0.294. The zero-order chi connectivity index (χ0) is 15.7. The van der Waals surface area contributed by atoms with Crippen LogP contribution in [0.1, 0.15) is 13.3 Å². The van der Waals surface area contributed by atoms with Crippen molar-refractivity contribution in [1.29, 1.82) is 0 Å². The van der Waals surface area contributed by atoms with Gasteiger partial charge in [0.2, 0.25) is 5.95 Å². The van der Waals surface area contributed by atoms with Gasteiger partial charge in [-0.25, -0.2) is 9.97 Å². The van der Waals surface area contributed by atoms with Crippen LogP contribution in [0.5, 0.6) is 0 Å². The van der Waals surface area contributed by atoms with Crippen molar-refractivity contribution in [2.24, 2.45) is 0 Å². The highest BCUT2D eigenvalue weighted by Gasteiger charge is 2.18. The number of hydrogen-bond donors (Lipinski definition) is 1. The van der Waals surface area contributed by atoms with Crippen molar-refractivity contribution in [1.82, 2.24) is 14.5 Å². The number of hydrogen-bond acceptors (Lipinski definition) is 4. The van der Waals surface area contributed by atoms with E-state index in [1.165, 1.54) is 0 Å². The number of nitrogens with two attached hydrogens (primary N) is 1. The molecule has 22 heavy (non-hydrogen) atoms. The second-order valence-electron chi connectivity index (χ2n) is 5.44. The molecule has 2 N–H and O–H groups in total. The first-order chi connectivity index (χ1) is 10.7. The number of pyridine rings is 1. The van der Waals surface area contributed by atoms with Crippen molar-refractivity contribution in [3.05, 3.63) is 36.9 Å². The van der Waals surface area contributed by atoms with Gasteiger partial charge in [-0.05, 0) is 12.5 Å². The van der Waals surface area contributed by atoms with Crippen LogP contribution in [-0.2, 0) is 6.54 Å². The van der Waals surface area contributed by atoms with Crippen molar-refractivity contribution < 1.29 is 0 Å². The lowest BCUT2D eigenvalue weighted by Crippen LogP contribution is -2.21. The topological polar surface area (TPSA) is 60.0 Å². The van der Waals surface area contributed by atoms with E-state index < -0.39 is 0 Å². The smallest absolute Gasteiger partial charge is 0.206 e. The molecule has 0 atom stereocenters. The number of anilines is 2. The number of nitrogen functional groups attached to an aromatic ring is 1. The van der Waals surface area contributed by atoms with Crippen molar-refractivity contribution in [3.8, 4) is 0 Å². The monoisotopic (exact) mass is 295 g/mol. The molecule has 0 saturated heterocycles. The van der Waals surface area contributed by atoms with Gasteiger partial charge in [-0.2, -0.15) is 0 Å². The number of aryl methyl sites for hydroxylation is 1. The average molecular weight is 295 g/mol. The molecule has 2 heterocycles. The minimum Gasteiger partial charge on any atom is -0.382 e. The quantitative estimate of drug-likeness (QED) is 0.734. The molecule has 3 aromatic rings. The molecule has 0 aliphatic carbocycles. The van der Waals surface area contributed by atoms with Crippen LogP contribution in [0.2, 0.25) is 0 Å². The number of aromatic nitrogens is 3. The second kappa shape index (κ2) is 5.67. The molecule has 5 heteroatoms. The average Bonchev–Trinajstić information content (AvgIpc) is 2.89. The highest BCUT2D eigenvalue weighted by atomic mass is 15.3. The molecule has 2 aromatic heterocycles. The second-order valence-corrected chi connectivity index (χ2v) is 5.44. The molecule has 0 aliphatic heterocycles. The summed E-state index contributed by atoms with van der Waals surface area (Å²) in [6, 6.07) is 8.07. The summed E-state index contributed by atoms with van der Waals surface area (Å²) in [5.74, 6) is 1.39. The van der Waals surface area contributed by atoms with Gasteiger partial charge in [0.1, 0.15) is 5.52 Å². The number of nitrogens with zero attached hydrogens (tertiary/aromatic N) is 4. The number of rotatable bonds is 5. The number of para-hydroxylation sites is 1. The van der Waals surface area contributed by atoms with Crippen LogP contribution in [0, 0.1) is 0 Å². The lowest BCUT2D eigenvalue weighted by Gasteiger charge is -2.18. The third-order valence-corrected chi connectivity index (χ3v) is 3.78. The van der Waals surface area contributed by atoms with E-state index in [0.29, 0.717) is 5.82 Å². The van der Waals surface area contributed by atoms with Gasteiger partial charge in [0, 0.05) is 25.5 Å². The summed E-state index contributed by atoms with van der Waals surface area (Å²) < 4.78 is 2.24. The molecule has 0 unspecified atom stereocenters. The summed E-state index contributed by atoms with van der Waals surface area (Å²) in [7, 11) is 2.01. The summed E-state index contributed by atoms with van der Waals surface area (Å²) in [6.45, 7) is 7.59. The van der Waals surface area contributed by atoms with Crippen molar-refractivity contribution in [2.45, 2.75) is 19.9 Å². The molecular formula is C17H21N5. The Hall–Kier alpha value is -2.56. The Kier molecular flexibility index (Phi) is 3.71. The van der Waals surface area contributed by atoms with Gasteiger partial charge in [-0.1, -0.05) is 31.2 Å². The molecule has 0 saturated carbocycles. The number of imidazole rings is 1. The molecule has 0 radical (unpaired) electrons. The molecule has 5 nitrogen and oxygen atoms in total. The van der Waals surface area contributed by atoms with Gasteiger partial charge in [0.15, 0.2) is 5.82 Å². The third kappa shape index (κ3) is 2.19. The molecule has 0 amide bonds. The van der Waals surface area contributed by atoms with Crippen molar-refractivity contribution >= 4 is 33.7 Å². The molecular weight excluding hydrogens is 274 g/mol. The fourth-order valence-corrected chi connectivity index (χ4v) is 2.85. The van der Waals surface area contributed by atoms with Gasteiger partial charge >= 0.3 is 0 Å². The summed E-state index contributed by atoms with van der Waals surface area (Å²) in [6.07, 6.45) is 2.90. The molecule has 1 aromatic carbocycles. The molecule has 0 spiro atoms. The first-order valence-electron chi connectivity index (χ1n) is 7.53. The predicted octanol–water partition coefficient (Wildman–Crippen LogP) is 3.20. The fourth-order valence-electron chi connectivity index (χ4n) is 2.85. The SMILES string of the molecule is C=CCN(C)c1nc2c(N)nc3ccccc3c2n1CCC. The standard InChI is InChI=1S/C17H21N5/c1-4-10-21(3)17-20-14-15(22(17)11-5-2)12-8-6-7-9-13(12)19-16(14)18/h4,6-9H,1,5,10-11H2,2-3H3,(H2,18,19). The summed E-state index contributed by atoms with van der Waals surface area (Å²) in [5, 5.41) is 1.09. The number of likely N-dealkylation sites (N-methyl/N-ethyl adjacent to an activating group) is 1. The Labute approximate surface area is 130 Å². The Balaban J connectivity index is 2.38. The summed E-state index contributed by atoms with van der Waals surface area (Å²) >= 11 is 0. The Morgan fingerprint density at radius 2 is 2.09 bits per heavy atom.